The predicted molar refractivity (Wildman–Crippen MR) is 101 cm³/mol. The van der Waals surface area contributed by atoms with Crippen LogP contribution < -0.4 is 0 Å². The van der Waals surface area contributed by atoms with Gasteiger partial charge >= 0.3 is 5.97 Å². The zero-order valence-electron chi connectivity index (χ0n) is 15.1. The molecule has 0 radical (unpaired) electrons. The van der Waals surface area contributed by atoms with Gasteiger partial charge in [-0.15, -0.1) is 0 Å². The number of fused-ring (bicyclic) bond motifs is 1. The van der Waals surface area contributed by atoms with E-state index in [1.165, 1.54) is 7.11 Å². The molecular weight excluding hydrogens is 340 g/mol. The van der Waals surface area contributed by atoms with Crippen LogP contribution in [0.2, 0.25) is 0 Å². The zero-order chi connectivity index (χ0) is 18.8. The van der Waals surface area contributed by atoms with Crippen LogP contribution in [0.5, 0.6) is 0 Å². The number of ether oxygens (including phenoxy) is 1. The van der Waals surface area contributed by atoms with Crippen LogP contribution in [0.4, 0.5) is 0 Å². The number of H-pyrrole nitrogens is 1. The van der Waals surface area contributed by atoms with Gasteiger partial charge in [0.05, 0.1) is 18.7 Å². The minimum absolute atomic E-state index is 0.00543. The molecule has 0 saturated carbocycles. The van der Waals surface area contributed by atoms with E-state index in [4.69, 9.17) is 4.74 Å². The molecule has 1 unspecified atom stereocenters. The molecule has 136 valence electrons. The molecule has 0 spiro atoms. The van der Waals surface area contributed by atoms with Crippen molar-refractivity contribution in [2.75, 3.05) is 7.11 Å². The second-order valence-corrected chi connectivity index (χ2v) is 6.78. The van der Waals surface area contributed by atoms with Crippen molar-refractivity contribution >= 4 is 11.8 Å². The normalized spacial score (nSPS) is 16.0. The van der Waals surface area contributed by atoms with Gasteiger partial charge in [0, 0.05) is 48.5 Å². The molecule has 0 aliphatic heterocycles. The second kappa shape index (κ2) is 7.19. The summed E-state index contributed by atoms with van der Waals surface area (Å²) in [4.78, 5) is 32.4. The molecule has 1 N–H and O–H groups in total. The first-order valence-electron chi connectivity index (χ1n) is 8.96. The first-order chi connectivity index (χ1) is 13.2. The molecule has 1 aromatic carbocycles. The number of carbonyl (C=O) groups excluding carboxylic acids is 2. The molecule has 3 aromatic rings. The van der Waals surface area contributed by atoms with Crippen molar-refractivity contribution in [2.24, 2.45) is 5.92 Å². The summed E-state index contributed by atoms with van der Waals surface area (Å²) < 4.78 is 4.86. The SMILES string of the molecule is COC(=O)C1CC(=O)c2c([nH]c(-c3ccncc3)c2Cc2ccccc2)C1. The maximum Gasteiger partial charge on any atom is 0.309 e. The Morgan fingerprint density at radius 2 is 1.89 bits per heavy atom. The van der Waals surface area contributed by atoms with Gasteiger partial charge in [0.15, 0.2) is 5.78 Å². The lowest BCUT2D eigenvalue weighted by atomic mass is 9.84. The lowest BCUT2D eigenvalue weighted by Gasteiger charge is -2.19. The summed E-state index contributed by atoms with van der Waals surface area (Å²) in [7, 11) is 1.36. The van der Waals surface area contributed by atoms with Crippen molar-refractivity contribution < 1.29 is 14.3 Å². The van der Waals surface area contributed by atoms with Crippen LogP contribution in [0, 0.1) is 5.92 Å². The molecule has 1 aliphatic carbocycles. The maximum absolute atomic E-state index is 12.9. The molecule has 0 fully saturated rings. The van der Waals surface area contributed by atoms with Gasteiger partial charge in [0.2, 0.25) is 0 Å². The molecule has 0 bridgehead atoms. The molecule has 5 nitrogen and oxygen atoms in total. The molecule has 1 atom stereocenters. The van der Waals surface area contributed by atoms with Gasteiger partial charge in [-0.2, -0.15) is 0 Å². The number of aromatic amines is 1. The number of benzene rings is 1. The Kier molecular flexibility index (Phi) is 4.59. The Morgan fingerprint density at radius 1 is 1.15 bits per heavy atom. The number of pyridine rings is 1. The highest BCUT2D eigenvalue weighted by Gasteiger charge is 2.35. The minimum atomic E-state index is -0.427. The van der Waals surface area contributed by atoms with E-state index in [2.05, 4.69) is 22.1 Å². The number of esters is 1. The summed E-state index contributed by atoms with van der Waals surface area (Å²) >= 11 is 0. The Bertz CT molecular complexity index is 978. The molecule has 0 saturated heterocycles. The van der Waals surface area contributed by atoms with Crippen LogP contribution in [0.25, 0.3) is 11.3 Å². The standard InChI is InChI=1S/C22H20N2O3/c1-27-22(26)16-12-18-20(19(25)13-16)17(11-14-5-3-2-4-6-14)21(24-18)15-7-9-23-10-8-15/h2-10,16,24H,11-13H2,1H3. The van der Waals surface area contributed by atoms with E-state index in [-0.39, 0.29) is 18.2 Å². The van der Waals surface area contributed by atoms with Crippen LogP contribution in [-0.4, -0.2) is 28.8 Å². The number of carbonyl (C=O) groups is 2. The highest BCUT2D eigenvalue weighted by atomic mass is 16.5. The Balaban J connectivity index is 1.82. The summed E-state index contributed by atoms with van der Waals surface area (Å²) in [5.41, 5.74) is 5.57. The lowest BCUT2D eigenvalue weighted by Crippen LogP contribution is -2.27. The van der Waals surface area contributed by atoms with Crippen molar-refractivity contribution in [2.45, 2.75) is 19.3 Å². The third kappa shape index (κ3) is 3.28. The second-order valence-electron chi connectivity index (χ2n) is 6.78. The Labute approximate surface area is 157 Å². The largest absolute Gasteiger partial charge is 0.469 e. The first-order valence-corrected chi connectivity index (χ1v) is 8.96. The molecule has 27 heavy (non-hydrogen) atoms. The predicted octanol–water partition coefficient (Wildman–Crippen LogP) is 3.59. The van der Waals surface area contributed by atoms with Gasteiger partial charge in [0.1, 0.15) is 0 Å². The van der Waals surface area contributed by atoms with Crippen molar-refractivity contribution in [1.29, 1.82) is 0 Å². The zero-order valence-corrected chi connectivity index (χ0v) is 15.1. The van der Waals surface area contributed by atoms with Gasteiger partial charge in [-0.05, 0) is 23.3 Å². The smallest absolute Gasteiger partial charge is 0.309 e. The summed E-state index contributed by atoms with van der Waals surface area (Å²) in [6, 6.07) is 13.9. The topological polar surface area (TPSA) is 72.1 Å². The molecule has 5 heteroatoms. The molecular formula is C22H20N2O3. The Hall–Kier alpha value is -3.21. The number of Topliss-reactive ketones (excluding diaryl/α,β-unsaturated/α-hetero) is 1. The number of hydrogen-bond donors (Lipinski definition) is 1. The van der Waals surface area contributed by atoms with E-state index in [1.54, 1.807) is 12.4 Å². The number of methoxy groups -OCH3 is 1. The molecule has 4 rings (SSSR count). The average molecular weight is 360 g/mol. The average Bonchev–Trinajstić information content (AvgIpc) is 3.07. The Morgan fingerprint density at radius 3 is 2.59 bits per heavy atom. The number of nitrogens with zero attached hydrogens (tertiary/aromatic N) is 1. The fraction of sp³-hybridized carbons (Fsp3) is 0.227. The van der Waals surface area contributed by atoms with Gasteiger partial charge in [0.25, 0.3) is 0 Å². The summed E-state index contributed by atoms with van der Waals surface area (Å²) in [5, 5.41) is 0. The van der Waals surface area contributed by atoms with E-state index in [0.717, 1.165) is 33.6 Å². The van der Waals surface area contributed by atoms with Crippen LogP contribution in [0.1, 0.15) is 33.6 Å². The number of rotatable bonds is 4. The number of hydrogen-bond acceptors (Lipinski definition) is 4. The number of ketones is 1. The lowest BCUT2D eigenvalue weighted by molar-refractivity contribution is -0.145. The van der Waals surface area contributed by atoms with Crippen LogP contribution in [0.3, 0.4) is 0 Å². The minimum Gasteiger partial charge on any atom is -0.469 e. The van der Waals surface area contributed by atoms with Crippen LogP contribution in [0.15, 0.2) is 54.9 Å². The fourth-order valence-corrected chi connectivity index (χ4v) is 3.81. The molecule has 2 aromatic heterocycles. The highest BCUT2D eigenvalue weighted by Crippen LogP contribution is 2.36. The van der Waals surface area contributed by atoms with Gasteiger partial charge < -0.3 is 9.72 Å². The molecule has 2 heterocycles. The van der Waals surface area contributed by atoms with Crippen LogP contribution in [-0.2, 0) is 22.4 Å². The van der Waals surface area contributed by atoms with E-state index in [9.17, 15) is 9.59 Å². The van der Waals surface area contributed by atoms with E-state index < -0.39 is 5.92 Å². The first kappa shape index (κ1) is 17.2. The van der Waals surface area contributed by atoms with E-state index in [1.807, 2.05) is 30.3 Å². The summed E-state index contributed by atoms with van der Waals surface area (Å²) in [5.74, 6) is -0.767. The van der Waals surface area contributed by atoms with Crippen LogP contribution >= 0.6 is 0 Å². The quantitative estimate of drug-likeness (QED) is 0.722. The van der Waals surface area contributed by atoms with E-state index >= 15 is 0 Å². The van der Waals surface area contributed by atoms with Crippen molar-refractivity contribution in [1.82, 2.24) is 9.97 Å². The van der Waals surface area contributed by atoms with Gasteiger partial charge in [-0.1, -0.05) is 30.3 Å². The van der Waals surface area contributed by atoms with Crippen molar-refractivity contribution in [3.05, 3.63) is 77.2 Å². The third-order valence-corrected chi connectivity index (χ3v) is 5.07. The van der Waals surface area contributed by atoms with Crippen molar-refractivity contribution in [3.63, 3.8) is 0 Å². The van der Waals surface area contributed by atoms with Crippen molar-refractivity contribution in [3.8, 4) is 11.3 Å². The number of aromatic nitrogens is 2. The highest BCUT2D eigenvalue weighted by molar-refractivity contribution is 6.03. The molecule has 1 aliphatic rings. The monoisotopic (exact) mass is 360 g/mol. The van der Waals surface area contributed by atoms with E-state index in [0.29, 0.717) is 12.8 Å². The van der Waals surface area contributed by atoms with Gasteiger partial charge in [-0.3, -0.25) is 14.6 Å². The summed E-state index contributed by atoms with van der Waals surface area (Å²) in [6.07, 6.45) is 4.80. The maximum atomic E-state index is 12.9. The summed E-state index contributed by atoms with van der Waals surface area (Å²) in [6.45, 7) is 0. The fourth-order valence-electron chi connectivity index (χ4n) is 3.81. The van der Waals surface area contributed by atoms with Gasteiger partial charge in [-0.25, -0.2) is 0 Å². The number of nitrogens with one attached hydrogen (secondary N) is 1. The molecule has 0 amide bonds. The third-order valence-electron chi connectivity index (χ3n) is 5.07.